The highest BCUT2D eigenvalue weighted by atomic mass is 16.5. The zero-order valence-corrected chi connectivity index (χ0v) is 22.9. The summed E-state index contributed by atoms with van der Waals surface area (Å²) in [5.74, 6) is 0.900. The van der Waals surface area contributed by atoms with E-state index in [0.717, 1.165) is 28.0 Å². The molecule has 0 bridgehead atoms. The van der Waals surface area contributed by atoms with Gasteiger partial charge in [-0.05, 0) is 72.4 Å². The van der Waals surface area contributed by atoms with Crippen molar-refractivity contribution in [3.8, 4) is 51.7 Å². The summed E-state index contributed by atoms with van der Waals surface area (Å²) in [7, 11) is 6.13. The summed E-state index contributed by atoms with van der Waals surface area (Å²) < 4.78 is 28.1. The molecule has 3 N–H and O–H groups in total. The number of rotatable bonds is 9. The van der Waals surface area contributed by atoms with Crippen molar-refractivity contribution in [1.29, 1.82) is 0 Å². The highest BCUT2D eigenvalue weighted by Crippen LogP contribution is 2.59. The van der Waals surface area contributed by atoms with Crippen LogP contribution in [0.3, 0.4) is 0 Å². The molecule has 0 saturated heterocycles. The highest BCUT2D eigenvalue weighted by molar-refractivity contribution is 5.72. The van der Waals surface area contributed by atoms with Gasteiger partial charge in [0.1, 0.15) is 11.5 Å². The van der Waals surface area contributed by atoms with Gasteiger partial charge >= 0.3 is 0 Å². The predicted octanol–water partition coefficient (Wildman–Crippen LogP) is 6.10. The molecule has 0 aliphatic carbocycles. The molecule has 1 aliphatic heterocycles. The molecule has 0 saturated carbocycles. The van der Waals surface area contributed by atoms with Crippen LogP contribution in [0.2, 0.25) is 0 Å². The summed E-state index contributed by atoms with van der Waals surface area (Å²) in [5, 5.41) is 32.4. The van der Waals surface area contributed by atoms with Crippen molar-refractivity contribution in [2.45, 2.75) is 25.2 Å². The number of phenolic OH excluding ortho intramolecular Hbond substituents is 3. The molecule has 1 heterocycles. The smallest absolute Gasteiger partial charge is 0.208 e. The van der Waals surface area contributed by atoms with Gasteiger partial charge in [0, 0.05) is 17.0 Å². The normalized spacial score (nSPS) is 13.6. The van der Waals surface area contributed by atoms with Crippen LogP contribution in [0.4, 0.5) is 0 Å². The van der Waals surface area contributed by atoms with Crippen LogP contribution >= 0.6 is 0 Å². The van der Waals surface area contributed by atoms with E-state index in [0.29, 0.717) is 30.6 Å². The van der Waals surface area contributed by atoms with E-state index >= 15 is 0 Å². The first-order valence-corrected chi connectivity index (χ1v) is 12.9. The zero-order chi connectivity index (χ0) is 28.4. The molecule has 1 atom stereocenters. The Morgan fingerprint density at radius 1 is 0.700 bits per heavy atom. The standard InChI is InChI=1S/C32H32O8/c1-36-21-9-5-7-18(13-21)11-12-20-16-26(38-3)29(35)31-27(20)23(15-19-8-6-10-22(14-19)37-2)24-17-25(33)28(34)32(39-4)30(24)40-31/h5-10,13-14,16-17,23,33-35H,11-12,15H2,1-4H3/t23-/m0/s1. The van der Waals surface area contributed by atoms with E-state index in [9.17, 15) is 15.3 Å². The Kier molecular flexibility index (Phi) is 7.51. The van der Waals surface area contributed by atoms with Crippen molar-refractivity contribution in [2.75, 3.05) is 28.4 Å². The Morgan fingerprint density at radius 3 is 2.02 bits per heavy atom. The number of aryl methyl sites for hydroxylation is 2. The summed E-state index contributed by atoms with van der Waals surface area (Å²) in [5.41, 5.74) is 4.37. The van der Waals surface area contributed by atoms with Crippen LogP contribution in [-0.2, 0) is 19.3 Å². The van der Waals surface area contributed by atoms with Crippen LogP contribution in [-0.4, -0.2) is 43.8 Å². The summed E-state index contributed by atoms with van der Waals surface area (Å²) in [4.78, 5) is 0. The lowest BCUT2D eigenvalue weighted by Crippen LogP contribution is -2.17. The summed E-state index contributed by atoms with van der Waals surface area (Å²) in [6, 6.07) is 18.9. The van der Waals surface area contributed by atoms with E-state index in [2.05, 4.69) is 0 Å². The Hall–Kier alpha value is -4.72. The lowest BCUT2D eigenvalue weighted by atomic mass is 9.79. The maximum absolute atomic E-state index is 11.3. The van der Waals surface area contributed by atoms with E-state index < -0.39 is 5.75 Å². The number of aromatic hydroxyl groups is 3. The van der Waals surface area contributed by atoms with Gasteiger partial charge in [0.05, 0.1) is 28.4 Å². The second-order valence-electron chi connectivity index (χ2n) is 9.59. The average molecular weight is 545 g/mol. The van der Waals surface area contributed by atoms with E-state index in [4.69, 9.17) is 23.7 Å². The second kappa shape index (κ2) is 11.2. The zero-order valence-electron chi connectivity index (χ0n) is 22.9. The molecule has 8 heteroatoms. The van der Waals surface area contributed by atoms with Crippen molar-refractivity contribution >= 4 is 0 Å². The molecule has 4 aromatic carbocycles. The second-order valence-corrected chi connectivity index (χ2v) is 9.59. The topological polar surface area (TPSA) is 107 Å². The Morgan fingerprint density at radius 2 is 1.38 bits per heavy atom. The van der Waals surface area contributed by atoms with Gasteiger partial charge in [-0.1, -0.05) is 24.3 Å². The molecule has 0 spiro atoms. The van der Waals surface area contributed by atoms with Crippen LogP contribution in [0, 0.1) is 0 Å². The lowest BCUT2D eigenvalue weighted by Gasteiger charge is -2.32. The Bertz CT molecular complexity index is 1540. The largest absolute Gasteiger partial charge is 0.504 e. The van der Waals surface area contributed by atoms with Gasteiger partial charge in [0.25, 0.3) is 0 Å². The molecule has 1 aliphatic rings. The van der Waals surface area contributed by atoms with Gasteiger partial charge in [-0.3, -0.25) is 0 Å². The van der Waals surface area contributed by atoms with Crippen molar-refractivity contribution < 1.29 is 39.0 Å². The van der Waals surface area contributed by atoms with Crippen molar-refractivity contribution in [2.24, 2.45) is 0 Å². The first-order valence-electron chi connectivity index (χ1n) is 12.9. The van der Waals surface area contributed by atoms with E-state index in [-0.39, 0.29) is 40.4 Å². The molecule has 208 valence electrons. The van der Waals surface area contributed by atoms with Gasteiger partial charge in [-0.25, -0.2) is 0 Å². The van der Waals surface area contributed by atoms with Crippen LogP contribution in [0.5, 0.6) is 51.7 Å². The number of methoxy groups -OCH3 is 4. The molecule has 0 fully saturated rings. The van der Waals surface area contributed by atoms with Gasteiger partial charge in [-0.2, -0.15) is 0 Å². The summed E-state index contributed by atoms with van der Waals surface area (Å²) in [6.45, 7) is 0. The molecule has 0 unspecified atom stereocenters. The van der Waals surface area contributed by atoms with Crippen LogP contribution in [0.25, 0.3) is 0 Å². The van der Waals surface area contributed by atoms with Crippen molar-refractivity contribution in [1.82, 2.24) is 0 Å². The van der Waals surface area contributed by atoms with E-state index in [1.807, 2.05) is 54.6 Å². The van der Waals surface area contributed by atoms with Crippen LogP contribution < -0.4 is 23.7 Å². The molecule has 8 nitrogen and oxygen atoms in total. The highest BCUT2D eigenvalue weighted by Gasteiger charge is 2.37. The lowest BCUT2D eigenvalue weighted by molar-refractivity contribution is 0.313. The molecular weight excluding hydrogens is 512 g/mol. The molecule has 40 heavy (non-hydrogen) atoms. The third kappa shape index (κ3) is 4.88. The molecule has 0 aromatic heterocycles. The molecule has 5 rings (SSSR count). The third-order valence-electron chi connectivity index (χ3n) is 7.31. The SMILES string of the molecule is COc1cccc(CCc2cc(OC)c(O)c3c2[C@@H](Cc2cccc(OC)c2)c2cc(O)c(O)c(OC)c2O3)c1. The van der Waals surface area contributed by atoms with Gasteiger partial charge in [0.2, 0.25) is 17.2 Å². The third-order valence-corrected chi connectivity index (χ3v) is 7.31. The number of ether oxygens (including phenoxy) is 5. The first-order chi connectivity index (χ1) is 19.4. The molecular formula is C32H32O8. The fraction of sp³-hybridized carbons (Fsp3) is 0.250. The Labute approximate surface area is 232 Å². The molecule has 4 aromatic rings. The van der Waals surface area contributed by atoms with Gasteiger partial charge in [0.15, 0.2) is 23.0 Å². The first kappa shape index (κ1) is 26.9. The average Bonchev–Trinajstić information content (AvgIpc) is 2.98. The maximum atomic E-state index is 11.3. The van der Waals surface area contributed by atoms with Crippen molar-refractivity contribution in [3.05, 3.63) is 88.5 Å². The fourth-order valence-corrected chi connectivity index (χ4v) is 5.34. The number of hydrogen-bond acceptors (Lipinski definition) is 8. The van der Waals surface area contributed by atoms with E-state index in [1.165, 1.54) is 20.3 Å². The van der Waals surface area contributed by atoms with Crippen LogP contribution in [0.15, 0.2) is 60.7 Å². The molecule has 0 radical (unpaired) electrons. The Balaban J connectivity index is 1.69. The fourth-order valence-electron chi connectivity index (χ4n) is 5.34. The minimum absolute atomic E-state index is 0.0172. The minimum atomic E-state index is -0.439. The van der Waals surface area contributed by atoms with Gasteiger partial charge < -0.3 is 39.0 Å². The number of phenols is 3. The number of fused-ring (bicyclic) bond motifs is 2. The minimum Gasteiger partial charge on any atom is -0.504 e. The van der Waals surface area contributed by atoms with Gasteiger partial charge in [-0.15, -0.1) is 0 Å². The number of hydrogen-bond donors (Lipinski definition) is 3. The monoisotopic (exact) mass is 544 g/mol. The van der Waals surface area contributed by atoms with E-state index in [1.54, 1.807) is 14.2 Å². The number of benzene rings is 4. The summed E-state index contributed by atoms with van der Waals surface area (Å²) >= 11 is 0. The quantitative estimate of drug-likeness (QED) is 0.217. The van der Waals surface area contributed by atoms with Crippen LogP contribution in [0.1, 0.15) is 33.7 Å². The summed E-state index contributed by atoms with van der Waals surface area (Å²) in [6.07, 6.45) is 1.80. The predicted molar refractivity (Wildman–Crippen MR) is 150 cm³/mol. The molecule has 0 amide bonds. The maximum Gasteiger partial charge on any atom is 0.208 e. The van der Waals surface area contributed by atoms with Crippen molar-refractivity contribution in [3.63, 3.8) is 0 Å².